The maximum absolute atomic E-state index is 5.81. The summed E-state index contributed by atoms with van der Waals surface area (Å²) in [5.41, 5.74) is 6.54. The van der Waals surface area contributed by atoms with E-state index in [1.54, 1.807) is 31.8 Å². The summed E-state index contributed by atoms with van der Waals surface area (Å²) in [6.07, 6.45) is 7.78. The number of nitrogens with zero attached hydrogens (tertiary/aromatic N) is 6. The highest BCUT2D eigenvalue weighted by Crippen LogP contribution is 2.37. The molecule has 10 nitrogen and oxygen atoms in total. The van der Waals surface area contributed by atoms with Gasteiger partial charge in [0.05, 0.1) is 28.9 Å². The molecule has 1 aliphatic heterocycles. The summed E-state index contributed by atoms with van der Waals surface area (Å²) in [5.74, 6) is 1.82. The average molecular weight is 558 g/mol. The van der Waals surface area contributed by atoms with E-state index in [9.17, 15) is 0 Å². The first-order valence-corrected chi connectivity index (χ1v) is 14.1. The molecular weight excluding hydrogens is 522 g/mol. The molecule has 1 saturated heterocycles. The van der Waals surface area contributed by atoms with Gasteiger partial charge < -0.3 is 25.2 Å². The van der Waals surface area contributed by atoms with Crippen molar-refractivity contribution >= 4 is 57.9 Å². The Morgan fingerprint density at radius 1 is 1.05 bits per heavy atom. The lowest BCUT2D eigenvalue weighted by Crippen LogP contribution is -2.44. The van der Waals surface area contributed by atoms with Crippen molar-refractivity contribution in [2.75, 3.05) is 62.9 Å². The Kier molecular flexibility index (Phi) is 8.63. The van der Waals surface area contributed by atoms with Crippen LogP contribution in [-0.4, -0.2) is 72.2 Å². The third-order valence-electron chi connectivity index (χ3n) is 6.96. The van der Waals surface area contributed by atoms with Crippen LogP contribution in [-0.2, 0) is 6.42 Å². The molecule has 5 rings (SSSR count). The number of ether oxygens (including phenoxy) is 1. The molecule has 3 N–H and O–H groups in total. The number of benzene rings is 2. The van der Waals surface area contributed by atoms with Gasteiger partial charge in [-0.15, -0.1) is 0 Å². The zero-order valence-electron chi connectivity index (χ0n) is 23.4. The summed E-state index contributed by atoms with van der Waals surface area (Å²) in [4.78, 5) is 24.1. The second kappa shape index (κ2) is 12.5. The highest BCUT2D eigenvalue weighted by atomic mass is 32.2. The number of nitrogens with one attached hydrogen (secondary N) is 3. The van der Waals surface area contributed by atoms with Crippen molar-refractivity contribution < 1.29 is 4.74 Å². The fourth-order valence-electron chi connectivity index (χ4n) is 4.77. The molecule has 40 heavy (non-hydrogen) atoms. The van der Waals surface area contributed by atoms with Crippen molar-refractivity contribution in [1.82, 2.24) is 29.6 Å². The minimum atomic E-state index is 0.448. The fraction of sp³-hybridized carbons (Fsp3) is 0.310. The van der Waals surface area contributed by atoms with Gasteiger partial charge >= 0.3 is 0 Å². The summed E-state index contributed by atoms with van der Waals surface area (Å²) in [5, 5.41) is 6.86. The molecule has 1 fully saturated rings. The van der Waals surface area contributed by atoms with Crippen LogP contribution in [0.15, 0.2) is 54.3 Å². The van der Waals surface area contributed by atoms with Gasteiger partial charge in [0.2, 0.25) is 5.95 Å². The van der Waals surface area contributed by atoms with Gasteiger partial charge in [-0.1, -0.05) is 19.6 Å². The zero-order valence-corrected chi connectivity index (χ0v) is 24.2. The van der Waals surface area contributed by atoms with Crippen LogP contribution in [0.5, 0.6) is 5.75 Å². The molecule has 0 saturated carbocycles. The van der Waals surface area contributed by atoms with E-state index in [1.165, 1.54) is 23.2 Å². The third kappa shape index (κ3) is 5.81. The topological polar surface area (TPSA) is 103 Å². The molecule has 11 heteroatoms. The summed E-state index contributed by atoms with van der Waals surface area (Å²) in [6.45, 7) is 10.2. The highest BCUT2D eigenvalue weighted by Gasteiger charge is 2.20. The van der Waals surface area contributed by atoms with Crippen molar-refractivity contribution in [3.05, 3.63) is 60.6 Å². The van der Waals surface area contributed by atoms with Crippen LogP contribution in [0.3, 0.4) is 0 Å². The Hall–Kier alpha value is -3.93. The Morgan fingerprint density at radius 2 is 1.85 bits per heavy atom. The number of likely N-dealkylation sites (N-methyl/N-ethyl adjacent to an activating group) is 1. The number of hydrogen-bond acceptors (Lipinski definition) is 11. The molecule has 0 atom stereocenters. The minimum absolute atomic E-state index is 0.448. The fourth-order valence-corrected chi connectivity index (χ4v) is 5.46. The number of aromatic nitrogens is 4. The molecule has 0 spiro atoms. The van der Waals surface area contributed by atoms with E-state index in [2.05, 4.69) is 72.8 Å². The van der Waals surface area contributed by atoms with Gasteiger partial charge in [-0.3, -0.25) is 14.7 Å². The first-order valence-electron chi connectivity index (χ1n) is 13.3. The van der Waals surface area contributed by atoms with Gasteiger partial charge in [-0.25, -0.2) is 4.98 Å². The predicted octanol–water partition coefficient (Wildman–Crippen LogP) is 5.10. The van der Waals surface area contributed by atoms with E-state index in [-0.39, 0.29) is 0 Å². The molecule has 0 radical (unpaired) electrons. The van der Waals surface area contributed by atoms with Gasteiger partial charge in [-0.05, 0) is 56.2 Å². The van der Waals surface area contributed by atoms with E-state index < -0.39 is 0 Å². The monoisotopic (exact) mass is 557 g/mol. The molecule has 1 aliphatic rings. The first-order chi connectivity index (χ1) is 19.5. The largest absolute Gasteiger partial charge is 0.494 e. The highest BCUT2D eigenvalue weighted by molar-refractivity contribution is 7.97. The Labute approximate surface area is 239 Å². The van der Waals surface area contributed by atoms with Gasteiger partial charge in [0.25, 0.3) is 0 Å². The number of anilines is 5. The van der Waals surface area contributed by atoms with Crippen LogP contribution < -0.4 is 25.0 Å². The molecule has 0 amide bonds. The second-order valence-electron chi connectivity index (χ2n) is 9.45. The van der Waals surface area contributed by atoms with E-state index in [4.69, 9.17) is 9.72 Å². The molecular formula is C29H35N9OS. The van der Waals surface area contributed by atoms with Crippen LogP contribution in [0.2, 0.25) is 0 Å². The van der Waals surface area contributed by atoms with Gasteiger partial charge in [0.1, 0.15) is 17.1 Å². The number of methoxy groups -OCH3 is 1. The quantitative estimate of drug-likeness (QED) is 0.227. The number of hydrogen-bond donors (Lipinski definition) is 3. The second-order valence-corrected chi connectivity index (χ2v) is 10.5. The lowest BCUT2D eigenvalue weighted by atomic mass is 10.1. The predicted molar refractivity (Wildman–Crippen MR) is 165 cm³/mol. The maximum atomic E-state index is 5.81. The van der Waals surface area contributed by atoms with Crippen molar-refractivity contribution in [3.8, 4) is 5.75 Å². The summed E-state index contributed by atoms with van der Waals surface area (Å²) in [6, 6.07) is 8.19. The SMILES string of the molecule is C=Cc1cnc(Nc2cc(CC)c(N3CCN(C)CC3)cc2OC)nc1Nc1ccc2nccnc2c1SNC. The summed E-state index contributed by atoms with van der Waals surface area (Å²) >= 11 is 1.47. The average Bonchev–Trinajstić information content (AvgIpc) is 2.99. The molecule has 0 unspecified atom stereocenters. The van der Waals surface area contributed by atoms with E-state index in [0.29, 0.717) is 11.8 Å². The number of rotatable bonds is 10. The molecule has 0 aliphatic carbocycles. The number of fused-ring (bicyclic) bond motifs is 1. The van der Waals surface area contributed by atoms with Crippen LogP contribution in [0.4, 0.5) is 28.8 Å². The number of piperazine rings is 1. The lowest BCUT2D eigenvalue weighted by Gasteiger charge is -2.35. The van der Waals surface area contributed by atoms with Crippen LogP contribution in [0, 0.1) is 0 Å². The molecule has 4 aromatic rings. The smallest absolute Gasteiger partial charge is 0.229 e. The number of aryl methyl sites for hydroxylation is 1. The Morgan fingerprint density at radius 3 is 2.58 bits per heavy atom. The Bertz CT molecular complexity index is 1500. The normalized spacial score (nSPS) is 13.8. The maximum Gasteiger partial charge on any atom is 0.229 e. The lowest BCUT2D eigenvalue weighted by molar-refractivity contribution is 0.312. The standard InChI is InChI=1S/C29H35N9OS/c1-6-19-16-23(25(39-5)17-24(19)38-14-12-37(4)13-15-38)35-29-33-18-20(7-2)28(36-29)34-22-9-8-21-26(27(22)40-30-3)32-11-10-31-21/h7-11,16-18,30H,2,6,12-15H2,1,3-5H3,(H2,33,34,35,36). The van der Waals surface area contributed by atoms with Gasteiger partial charge in [0, 0.05) is 62.1 Å². The van der Waals surface area contributed by atoms with E-state index >= 15 is 0 Å². The van der Waals surface area contributed by atoms with Crippen molar-refractivity contribution in [2.45, 2.75) is 18.2 Å². The molecule has 3 heterocycles. The van der Waals surface area contributed by atoms with E-state index in [0.717, 1.165) is 71.2 Å². The van der Waals surface area contributed by atoms with Gasteiger partial charge in [0.15, 0.2) is 0 Å². The van der Waals surface area contributed by atoms with Crippen LogP contribution in [0.1, 0.15) is 18.1 Å². The molecule has 208 valence electrons. The zero-order chi connectivity index (χ0) is 28.1. The molecule has 2 aromatic carbocycles. The molecule has 0 bridgehead atoms. The Balaban J connectivity index is 1.47. The van der Waals surface area contributed by atoms with Crippen molar-refractivity contribution in [1.29, 1.82) is 0 Å². The van der Waals surface area contributed by atoms with Crippen LogP contribution in [0.25, 0.3) is 17.1 Å². The first kappa shape index (κ1) is 27.6. The van der Waals surface area contributed by atoms with Crippen LogP contribution >= 0.6 is 11.9 Å². The van der Waals surface area contributed by atoms with Gasteiger partial charge in [-0.2, -0.15) is 4.98 Å². The van der Waals surface area contributed by atoms with Crippen molar-refractivity contribution in [3.63, 3.8) is 0 Å². The van der Waals surface area contributed by atoms with Crippen molar-refractivity contribution in [2.24, 2.45) is 0 Å². The van der Waals surface area contributed by atoms with E-state index in [1.807, 2.05) is 19.2 Å². The summed E-state index contributed by atoms with van der Waals surface area (Å²) in [7, 11) is 5.73. The molecule has 2 aromatic heterocycles. The summed E-state index contributed by atoms with van der Waals surface area (Å²) < 4.78 is 8.97. The minimum Gasteiger partial charge on any atom is -0.494 e. The third-order valence-corrected chi connectivity index (χ3v) is 7.78.